The topological polar surface area (TPSA) is 94.2 Å². The number of carbonyl (C=O) groups excluding carboxylic acids is 1. The maximum Gasteiger partial charge on any atom is 0.332 e. The Bertz CT molecular complexity index is 1180. The highest BCUT2D eigenvalue weighted by atomic mass is 16.2. The average molecular weight is 396 g/mol. The van der Waals surface area contributed by atoms with Gasteiger partial charge in [0.1, 0.15) is 6.54 Å². The van der Waals surface area contributed by atoms with Gasteiger partial charge in [-0.1, -0.05) is 6.07 Å². The predicted octanol–water partition coefficient (Wildman–Crippen LogP) is 1.06. The zero-order valence-electron chi connectivity index (χ0n) is 16.6. The molecule has 29 heavy (non-hydrogen) atoms. The van der Waals surface area contributed by atoms with E-state index >= 15 is 0 Å². The summed E-state index contributed by atoms with van der Waals surface area (Å²) in [6.07, 6.45) is 5.05. The van der Waals surface area contributed by atoms with Crippen molar-refractivity contribution in [3.05, 3.63) is 51.4 Å². The number of fused-ring (bicyclic) bond motifs is 1. The van der Waals surface area contributed by atoms with Crippen molar-refractivity contribution in [2.45, 2.75) is 25.8 Å². The summed E-state index contributed by atoms with van der Waals surface area (Å²) < 4.78 is 3.77. The second kappa shape index (κ2) is 7.57. The second-order valence-corrected chi connectivity index (χ2v) is 7.41. The van der Waals surface area contributed by atoms with Crippen LogP contribution in [0.15, 0.2) is 40.2 Å². The van der Waals surface area contributed by atoms with Crippen molar-refractivity contribution in [1.82, 2.24) is 18.7 Å². The highest BCUT2D eigenvalue weighted by molar-refractivity contribution is 5.91. The quantitative estimate of drug-likeness (QED) is 0.712. The molecule has 1 amide bonds. The van der Waals surface area contributed by atoms with E-state index in [9.17, 15) is 14.4 Å². The van der Waals surface area contributed by atoms with Gasteiger partial charge in [0.15, 0.2) is 11.2 Å². The van der Waals surface area contributed by atoms with E-state index in [4.69, 9.17) is 0 Å². The number of carbonyl (C=O) groups is 1. The summed E-state index contributed by atoms with van der Waals surface area (Å²) in [5.74, 6) is -0.429. The fourth-order valence-corrected chi connectivity index (χ4v) is 3.81. The number of benzene rings is 1. The van der Waals surface area contributed by atoms with Crippen molar-refractivity contribution in [1.29, 1.82) is 0 Å². The van der Waals surface area contributed by atoms with Gasteiger partial charge in [-0.3, -0.25) is 14.2 Å². The molecule has 0 spiro atoms. The lowest BCUT2D eigenvalue weighted by Gasteiger charge is -2.29. The van der Waals surface area contributed by atoms with E-state index in [-0.39, 0.29) is 12.1 Å². The average Bonchev–Trinajstić information content (AvgIpc) is 3.12. The number of aryl methyl sites for hydroxylation is 2. The van der Waals surface area contributed by atoms with E-state index in [2.05, 4.69) is 15.2 Å². The zero-order valence-corrected chi connectivity index (χ0v) is 16.6. The van der Waals surface area contributed by atoms with E-state index in [0.717, 1.165) is 23.3 Å². The molecule has 1 fully saturated rings. The van der Waals surface area contributed by atoms with Gasteiger partial charge in [-0.25, -0.2) is 14.3 Å². The number of nitrogens with one attached hydrogen (secondary N) is 1. The summed E-state index contributed by atoms with van der Waals surface area (Å²) >= 11 is 0. The Morgan fingerprint density at radius 1 is 1.14 bits per heavy atom. The molecule has 4 rings (SSSR count). The maximum absolute atomic E-state index is 12.7. The van der Waals surface area contributed by atoms with E-state index in [1.807, 2.05) is 18.2 Å². The summed E-state index contributed by atoms with van der Waals surface area (Å²) in [6, 6.07) is 7.65. The van der Waals surface area contributed by atoms with Gasteiger partial charge < -0.3 is 14.8 Å². The smallest absolute Gasteiger partial charge is 0.332 e. The highest BCUT2D eigenvalue weighted by Crippen LogP contribution is 2.23. The molecule has 9 nitrogen and oxygen atoms in total. The standard InChI is InChI=1S/C20H24N6O3/c1-23-13-21-18-17(23)19(28)26(20(29)24(18)2)12-16(27)22-14-7-6-8-15(11-14)25-9-4-3-5-10-25/h6-8,11,13H,3-5,9-10,12H2,1-2H3,(H,22,27). The van der Waals surface area contributed by atoms with Crippen LogP contribution in [0.2, 0.25) is 0 Å². The van der Waals surface area contributed by atoms with Gasteiger partial charge in [-0.2, -0.15) is 0 Å². The largest absolute Gasteiger partial charge is 0.371 e. The molecule has 152 valence electrons. The molecule has 9 heteroatoms. The highest BCUT2D eigenvalue weighted by Gasteiger charge is 2.17. The summed E-state index contributed by atoms with van der Waals surface area (Å²) in [5.41, 5.74) is 1.19. The minimum Gasteiger partial charge on any atom is -0.371 e. The number of hydrogen-bond acceptors (Lipinski definition) is 5. The maximum atomic E-state index is 12.7. The zero-order chi connectivity index (χ0) is 20.5. The Labute approximate surface area is 167 Å². The molecule has 1 aliphatic rings. The van der Waals surface area contributed by atoms with Crippen LogP contribution >= 0.6 is 0 Å². The van der Waals surface area contributed by atoms with Gasteiger partial charge in [0, 0.05) is 38.6 Å². The molecule has 0 saturated carbocycles. The van der Waals surface area contributed by atoms with Crippen LogP contribution in [0.25, 0.3) is 11.2 Å². The number of anilines is 2. The van der Waals surface area contributed by atoms with Gasteiger partial charge in [0.05, 0.1) is 6.33 Å². The number of hydrogen-bond donors (Lipinski definition) is 1. The Balaban J connectivity index is 1.57. The van der Waals surface area contributed by atoms with Crippen molar-refractivity contribution >= 4 is 28.4 Å². The van der Waals surface area contributed by atoms with E-state index in [1.165, 1.54) is 37.2 Å². The first kappa shape index (κ1) is 19.0. The summed E-state index contributed by atoms with van der Waals surface area (Å²) in [7, 11) is 3.21. The van der Waals surface area contributed by atoms with Crippen LogP contribution in [0.4, 0.5) is 11.4 Å². The Morgan fingerprint density at radius 3 is 2.66 bits per heavy atom. The molecule has 0 bridgehead atoms. The molecule has 0 radical (unpaired) electrons. The van der Waals surface area contributed by atoms with Crippen molar-refractivity contribution < 1.29 is 4.79 Å². The van der Waals surface area contributed by atoms with E-state index in [1.54, 1.807) is 17.7 Å². The first-order chi connectivity index (χ1) is 14.0. The molecule has 1 saturated heterocycles. The van der Waals surface area contributed by atoms with Crippen LogP contribution in [0.3, 0.4) is 0 Å². The molecular formula is C20H24N6O3. The third kappa shape index (κ3) is 3.55. The lowest BCUT2D eigenvalue weighted by atomic mass is 10.1. The van der Waals surface area contributed by atoms with Gasteiger partial charge in [-0.15, -0.1) is 0 Å². The molecule has 3 aromatic rings. The Hall–Kier alpha value is -3.36. The third-order valence-corrected chi connectivity index (χ3v) is 5.35. The molecule has 1 N–H and O–H groups in total. The fraction of sp³-hybridized carbons (Fsp3) is 0.400. The molecule has 2 aromatic heterocycles. The molecule has 1 aliphatic heterocycles. The lowest BCUT2D eigenvalue weighted by molar-refractivity contribution is -0.116. The molecule has 0 atom stereocenters. The lowest BCUT2D eigenvalue weighted by Crippen LogP contribution is -2.42. The number of imidazole rings is 1. The van der Waals surface area contributed by atoms with Crippen LogP contribution < -0.4 is 21.5 Å². The van der Waals surface area contributed by atoms with Crippen molar-refractivity contribution in [2.24, 2.45) is 14.1 Å². The summed E-state index contributed by atoms with van der Waals surface area (Å²) in [6.45, 7) is 1.65. The van der Waals surface area contributed by atoms with Crippen LogP contribution in [-0.2, 0) is 25.4 Å². The fourth-order valence-electron chi connectivity index (χ4n) is 3.81. The molecule has 3 heterocycles. The number of piperidine rings is 1. The minimum atomic E-state index is -0.571. The Morgan fingerprint density at radius 2 is 1.90 bits per heavy atom. The number of amides is 1. The van der Waals surface area contributed by atoms with E-state index in [0.29, 0.717) is 11.3 Å². The van der Waals surface area contributed by atoms with E-state index < -0.39 is 17.2 Å². The van der Waals surface area contributed by atoms with Gasteiger partial charge in [0.2, 0.25) is 5.91 Å². The number of rotatable bonds is 4. The van der Waals surface area contributed by atoms with Crippen LogP contribution in [0.5, 0.6) is 0 Å². The second-order valence-electron chi connectivity index (χ2n) is 7.41. The summed E-state index contributed by atoms with van der Waals surface area (Å²) in [5, 5.41) is 2.80. The molecule has 0 unspecified atom stereocenters. The van der Waals surface area contributed by atoms with Crippen LogP contribution in [0, 0.1) is 0 Å². The number of aromatic nitrogens is 4. The number of nitrogens with zero attached hydrogens (tertiary/aromatic N) is 5. The SMILES string of the molecule is Cn1cnc2c1c(=O)n(CC(=O)Nc1cccc(N3CCCCC3)c1)c(=O)n2C. The summed E-state index contributed by atoms with van der Waals surface area (Å²) in [4.78, 5) is 44.3. The first-order valence-corrected chi connectivity index (χ1v) is 9.71. The first-order valence-electron chi connectivity index (χ1n) is 9.71. The molecule has 1 aromatic carbocycles. The van der Waals surface area contributed by atoms with Gasteiger partial charge in [0.25, 0.3) is 5.56 Å². The van der Waals surface area contributed by atoms with Crippen molar-refractivity contribution in [2.75, 3.05) is 23.3 Å². The van der Waals surface area contributed by atoms with Crippen LogP contribution in [0.1, 0.15) is 19.3 Å². The van der Waals surface area contributed by atoms with Gasteiger partial charge >= 0.3 is 5.69 Å². The van der Waals surface area contributed by atoms with Crippen molar-refractivity contribution in [3.8, 4) is 0 Å². The van der Waals surface area contributed by atoms with Crippen LogP contribution in [-0.4, -0.2) is 37.7 Å². The third-order valence-electron chi connectivity index (χ3n) is 5.35. The van der Waals surface area contributed by atoms with Crippen molar-refractivity contribution in [3.63, 3.8) is 0 Å². The normalized spacial score (nSPS) is 14.3. The molecular weight excluding hydrogens is 372 g/mol. The monoisotopic (exact) mass is 396 g/mol. The Kier molecular flexibility index (Phi) is 4.96. The molecule has 0 aliphatic carbocycles. The minimum absolute atomic E-state index is 0.284. The predicted molar refractivity (Wildman–Crippen MR) is 111 cm³/mol. The van der Waals surface area contributed by atoms with Gasteiger partial charge in [-0.05, 0) is 37.5 Å².